The Balaban J connectivity index is 2.05. The molecule has 0 fully saturated rings. The van der Waals surface area contributed by atoms with Crippen molar-refractivity contribution >= 4 is 22.4 Å². The fraction of sp³-hybridized carbons (Fsp3) is 0.211. The van der Waals surface area contributed by atoms with E-state index in [2.05, 4.69) is 49.9 Å². The molecule has 0 atom stereocenters. The predicted molar refractivity (Wildman–Crippen MR) is 98.7 cm³/mol. The van der Waals surface area contributed by atoms with Gasteiger partial charge in [-0.05, 0) is 67.5 Å². The maximum Gasteiger partial charge on any atom is 0.0762 e. The molecule has 0 amide bonds. The number of hydrogen-bond acceptors (Lipinski definition) is 3. The minimum absolute atomic E-state index is 0.862. The van der Waals surface area contributed by atoms with Crippen LogP contribution in [-0.2, 0) is 6.42 Å². The molecular formula is C19H22N2S. The Labute approximate surface area is 137 Å². The van der Waals surface area contributed by atoms with E-state index >= 15 is 0 Å². The molecule has 1 aromatic heterocycles. The third-order valence-corrected chi connectivity index (χ3v) is 4.56. The number of aryl methyl sites for hydroxylation is 2. The molecular weight excluding hydrogens is 288 g/mol. The summed E-state index contributed by atoms with van der Waals surface area (Å²) in [6, 6.07) is 10.1. The molecule has 0 spiro atoms. The lowest BCUT2D eigenvalue weighted by molar-refractivity contribution is 1.11. The quantitative estimate of drug-likeness (QED) is 0.778. The van der Waals surface area contributed by atoms with Gasteiger partial charge in [0.2, 0.25) is 0 Å². The van der Waals surface area contributed by atoms with Gasteiger partial charge in [-0.15, -0.1) is 0 Å². The van der Waals surface area contributed by atoms with Crippen molar-refractivity contribution in [1.82, 2.24) is 4.98 Å². The first-order chi connectivity index (χ1) is 10.5. The number of allylic oxidation sites excluding steroid dienone is 1. The van der Waals surface area contributed by atoms with Crippen LogP contribution in [0.2, 0.25) is 0 Å². The van der Waals surface area contributed by atoms with Crippen LogP contribution in [0.5, 0.6) is 0 Å². The summed E-state index contributed by atoms with van der Waals surface area (Å²) in [7, 11) is 0. The number of aromatic nitrogens is 1. The van der Waals surface area contributed by atoms with Crippen molar-refractivity contribution in [3.63, 3.8) is 0 Å². The number of pyridine rings is 1. The molecule has 3 heteroatoms. The lowest BCUT2D eigenvalue weighted by Gasteiger charge is -2.10. The van der Waals surface area contributed by atoms with E-state index in [0.717, 1.165) is 28.3 Å². The van der Waals surface area contributed by atoms with E-state index in [0.29, 0.717) is 0 Å². The summed E-state index contributed by atoms with van der Waals surface area (Å²) in [5.41, 5.74) is 12.7. The average molecular weight is 310 g/mol. The van der Waals surface area contributed by atoms with Gasteiger partial charge in [-0.3, -0.25) is 4.98 Å². The summed E-state index contributed by atoms with van der Waals surface area (Å²) < 4.78 is 0. The van der Waals surface area contributed by atoms with Crippen molar-refractivity contribution in [1.29, 1.82) is 0 Å². The van der Waals surface area contributed by atoms with E-state index in [1.807, 2.05) is 18.2 Å². The number of nitrogens with two attached hydrogens (primary N) is 1. The highest BCUT2D eigenvalue weighted by Gasteiger charge is 2.04. The second-order valence-corrected chi connectivity index (χ2v) is 6.50. The minimum atomic E-state index is 0.862. The lowest BCUT2D eigenvalue weighted by atomic mass is 9.99. The van der Waals surface area contributed by atoms with Crippen molar-refractivity contribution in [2.75, 3.05) is 5.73 Å². The summed E-state index contributed by atoms with van der Waals surface area (Å²) in [5.74, 6) is 0. The number of anilines is 1. The first-order valence-corrected chi connectivity index (χ1v) is 8.13. The standard InChI is InChI=1S/C19H22N2S/c1-13(9-17-10-15(3)18(20)11-14(17)2)12-22-16(4)19-7-5-6-8-21-19/h5-8,10-12H,4,9,20H2,1-3H3/b13-12+. The Bertz CT molecular complexity index is 703. The second kappa shape index (κ2) is 7.32. The molecule has 0 aliphatic carbocycles. The Morgan fingerprint density at radius 1 is 1.27 bits per heavy atom. The Morgan fingerprint density at radius 2 is 2.05 bits per heavy atom. The van der Waals surface area contributed by atoms with E-state index in [1.165, 1.54) is 16.7 Å². The van der Waals surface area contributed by atoms with Crippen LogP contribution in [-0.4, -0.2) is 4.98 Å². The SMILES string of the molecule is C=C(S/C=C(\C)Cc1cc(C)c(N)cc1C)c1ccccn1. The van der Waals surface area contributed by atoms with Crippen LogP contribution in [0.4, 0.5) is 5.69 Å². The largest absolute Gasteiger partial charge is 0.399 e. The van der Waals surface area contributed by atoms with Crippen molar-refractivity contribution in [2.24, 2.45) is 0 Å². The van der Waals surface area contributed by atoms with Gasteiger partial charge >= 0.3 is 0 Å². The van der Waals surface area contributed by atoms with Crippen LogP contribution in [0.15, 0.2) is 54.1 Å². The highest BCUT2D eigenvalue weighted by Crippen LogP contribution is 2.27. The normalized spacial score (nSPS) is 11.5. The number of nitrogen functional groups attached to an aromatic ring is 1. The van der Waals surface area contributed by atoms with Gasteiger partial charge in [-0.25, -0.2) is 0 Å². The van der Waals surface area contributed by atoms with Gasteiger partial charge in [0.05, 0.1) is 5.69 Å². The fourth-order valence-corrected chi connectivity index (χ4v) is 2.86. The molecule has 0 aliphatic heterocycles. The first kappa shape index (κ1) is 16.4. The van der Waals surface area contributed by atoms with Crippen molar-refractivity contribution < 1.29 is 0 Å². The topological polar surface area (TPSA) is 38.9 Å². The molecule has 2 nitrogen and oxygen atoms in total. The monoisotopic (exact) mass is 310 g/mol. The predicted octanol–water partition coefficient (Wildman–Crippen LogP) is 5.13. The van der Waals surface area contributed by atoms with Gasteiger partial charge in [0.25, 0.3) is 0 Å². The number of thioether (sulfide) groups is 1. The zero-order chi connectivity index (χ0) is 16.1. The summed E-state index contributed by atoms with van der Waals surface area (Å²) >= 11 is 1.63. The van der Waals surface area contributed by atoms with E-state index in [9.17, 15) is 0 Å². The maximum atomic E-state index is 5.95. The Kier molecular flexibility index (Phi) is 5.45. The number of rotatable bonds is 5. The van der Waals surface area contributed by atoms with Gasteiger partial charge in [0.1, 0.15) is 0 Å². The molecule has 1 heterocycles. The number of benzene rings is 1. The van der Waals surface area contributed by atoms with E-state index in [-0.39, 0.29) is 0 Å². The summed E-state index contributed by atoms with van der Waals surface area (Å²) in [5, 5.41) is 2.15. The van der Waals surface area contributed by atoms with Crippen LogP contribution in [0.1, 0.15) is 29.3 Å². The molecule has 2 N–H and O–H groups in total. The van der Waals surface area contributed by atoms with E-state index in [4.69, 9.17) is 5.73 Å². The third-order valence-electron chi connectivity index (χ3n) is 3.55. The zero-order valence-electron chi connectivity index (χ0n) is 13.4. The van der Waals surface area contributed by atoms with E-state index in [1.54, 1.807) is 18.0 Å². The molecule has 2 aromatic rings. The highest BCUT2D eigenvalue weighted by atomic mass is 32.2. The fourth-order valence-electron chi connectivity index (χ4n) is 2.19. The van der Waals surface area contributed by atoms with Crippen molar-refractivity contribution in [2.45, 2.75) is 27.2 Å². The average Bonchev–Trinajstić information content (AvgIpc) is 2.51. The molecule has 0 unspecified atom stereocenters. The number of nitrogens with zero attached hydrogens (tertiary/aromatic N) is 1. The smallest absolute Gasteiger partial charge is 0.0762 e. The maximum absolute atomic E-state index is 5.95. The molecule has 0 bridgehead atoms. The summed E-state index contributed by atoms with van der Waals surface area (Å²) in [6.45, 7) is 10.4. The summed E-state index contributed by atoms with van der Waals surface area (Å²) in [6.07, 6.45) is 2.72. The molecule has 0 aliphatic rings. The Hall–Kier alpha value is -2.00. The number of hydrogen-bond donors (Lipinski definition) is 1. The van der Waals surface area contributed by atoms with Gasteiger partial charge < -0.3 is 5.73 Å². The van der Waals surface area contributed by atoms with Gasteiger partial charge in [-0.2, -0.15) is 0 Å². The molecule has 22 heavy (non-hydrogen) atoms. The van der Waals surface area contributed by atoms with Crippen LogP contribution in [0.25, 0.3) is 4.91 Å². The van der Waals surface area contributed by atoms with Crippen molar-refractivity contribution in [3.8, 4) is 0 Å². The highest BCUT2D eigenvalue weighted by molar-refractivity contribution is 8.10. The van der Waals surface area contributed by atoms with Gasteiger partial charge in [0, 0.05) is 16.8 Å². The minimum Gasteiger partial charge on any atom is -0.399 e. The van der Waals surface area contributed by atoms with Crippen LogP contribution < -0.4 is 5.73 Å². The molecule has 0 radical (unpaired) electrons. The van der Waals surface area contributed by atoms with Gasteiger partial charge in [-0.1, -0.05) is 36.0 Å². The molecule has 0 saturated carbocycles. The molecule has 1 aromatic carbocycles. The van der Waals surface area contributed by atoms with Crippen molar-refractivity contribution in [3.05, 3.63) is 76.5 Å². The molecule has 2 rings (SSSR count). The molecule has 0 saturated heterocycles. The zero-order valence-corrected chi connectivity index (χ0v) is 14.2. The second-order valence-electron chi connectivity index (χ2n) is 5.53. The molecule has 114 valence electrons. The van der Waals surface area contributed by atoms with E-state index < -0.39 is 0 Å². The van der Waals surface area contributed by atoms with Crippen LogP contribution in [0, 0.1) is 13.8 Å². The Morgan fingerprint density at radius 3 is 2.73 bits per heavy atom. The lowest BCUT2D eigenvalue weighted by Crippen LogP contribution is -1.96. The van der Waals surface area contributed by atoms with Gasteiger partial charge in [0.15, 0.2) is 0 Å². The van der Waals surface area contributed by atoms with Crippen LogP contribution >= 0.6 is 11.8 Å². The summed E-state index contributed by atoms with van der Waals surface area (Å²) in [4.78, 5) is 5.28. The first-order valence-electron chi connectivity index (χ1n) is 7.25. The third kappa shape index (κ3) is 4.25. The van der Waals surface area contributed by atoms with Crippen LogP contribution in [0.3, 0.4) is 0 Å².